The summed E-state index contributed by atoms with van der Waals surface area (Å²) in [4.78, 5) is 13.9. The van der Waals surface area contributed by atoms with Crippen LogP contribution < -0.4 is 5.73 Å². The number of hydrogen-bond acceptors (Lipinski definition) is 4. The topological polar surface area (TPSA) is 64.8 Å². The molecule has 16 heavy (non-hydrogen) atoms. The van der Waals surface area contributed by atoms with E-state index in [0.717, 1.165) is 12.8 Å². The van der Waals surface area contributed by atoms with Crippen LogP contribution in [0.4, 0.5) is 0 Å². The largest absolute Gasteiger partial charge is 0.378 e. The van der Waals surface area contributed by atoms with E-state index in [1.165, 1.54) is 0 Å². The number of rotatable bonds is 2. The maximum Gasteiger partial charge on any atom is 0.251 e. The van der Waals surface area contributed by atoms with E-state index in [1.54, 1.807) is 0 Å². The van der Waals surface area contributed by atoms with Crippen LogP contribution in [0.2, 0.25) is 0 Å². The quantitative estimate of drug-likeness (QED) is 0.707. The van der Waals surface area contributed by atoms with Gasteiger partial charge in [-0.05, 0) is 19.8 Å². The second-order valence-corrected chi connectivity index (χ2v) is 4.54. The fraction of sp³-hybridized carbons (Fsp3) is 0.909. The molecule has 0 unspecified atom stereocenters. The van der Waals surface area contributed by atoms with Gasteiger partial charge in [0.05, 0.1) is 19.3 Å². The first-order valence-electron chi connectivity index (χ1n) is 5.96. The van der Waals surface area contributed by atoms with Gasteiger partial charge in [-0.25, -0.2) is 0 Å². The molecule has 2 aliphatic heterocycles. The Kier molecular flexibility index (Phi) is 3.78. The SMILES string of the molecule is C[C@H](N)[C@@H]1CC[C@H](C(=O)N2CCOCC2)O1. The summed E-state index contributed by atoms with van der Waals surface area (Å²) in [7, 11) is 0. The Morgan fingerprint density at radius 1 is 1.38 bits per heavy atom. The average molecular weight is 228 g/mol. The van der Waals surface area contributed by atoms with Gasteiger partial charge in [-0.3, -0.25) is 4.79 Å². The van der Waals surface area contributed by atoms with Gasteiger partial charge in [0.25, 0.3) is 5.91 Å². The lowest BCUT2D eigenvalue weighted by molar-refractivity contribution is -0.147. The summed E-state index contributed by atoms with van der Waals surface area (Å²) in [5, 5.41) is 0. The molecule has 2 heterocycles. The highest BCUT2D eigenvalue weighted by atomic mass is 16.5. The smallest absolute Gasteiger partial charge is 0.251 e. The highest BCUT2D eigenvalue weighted by Crippen LogP contribution is 2.23. The molecule has 0 saturated carbocycles. The van der Waals surface area contributed by atoms with Gasteiger partial charge >= 0.3 is 0 Å². The number of nitrogens with zero attached hydrogens (tertiary/aromatic N) is 1. The van der Waals surface area contributed by atoms with Gasteiger partial charge in [-0.15, -0.1) is 0 Å². The average Bonchev–Trinajstić information content (AvgIpc) is 2.78. The van der Waals surface area contributed by atoms with Gasteiger partial charge in [-0.2, -0.15) is 0 Å². The molecule has 0 aromatic heterocycles. The van der Waals surface area contributed by atoms with Crippen molar-refractivity contribution in [2.24, 2.45) is 5.73 Å². The van der Waals surface area contributed by atoms with E-state index >= 15 is 0 Å². The van der Waals surface area contributed by atoms with Crippen LogP contribution in [0.3, 0.4) is 0 Å². The van der Waals surface area contributed by atoms with Crippen LogP contribution >= 0.6 is 0 Å². The molecule has 2 saturated heterocycles. The molecule has 2 aliphatic rings. The first-order chi connectivity index (χ1) is 7.68. The maximum absolute atomic E-state index is 12.1. The van der Waals surface area contributed by atoms with E-state index < -0.39 is 0 Å². The third-order valence-corrected chi connectivity index (χ3v) is 3.24. The summed E-state index contributed by atoms with van der Waals surface area (Å²) in [6, 6.07) is 0.00230. The molecule has 1 amide bonds. The number of nitrogens with two attached hydrogens (primary N) is 1. The van der Waals surface area contributed by atoms with Crippen molar-refractivity contribution < 1.29 is 14.3 Å². The zero-order valence-electron chi connectivity index (χ0n) is 9.72. The Morgan fingerprint density at radius 3 is 2.62 bits per heavy atom. The minimum atomic E-state index is -0.283. The van der Waals surface area contributed by atoms with Crippen molar-refractivity contribution >= 4 is 5.91 Å². The second kappa shape index (κ2) is 5.12. The Morgan fingerprint density at radius 2 is 2.06 bits per heavy atom. The first kappa shape index (κ1) is 11.8. The molecule has 0 aromatic carbocycles. The molecular weight excluding hydrogens is 208 g/mol. The van der Waals surface area contributed by atoms with Crippen LogP contribution in [-0.2, 0) is 14.3 Å². The summed E-state index contributed by atoms with van der Waals surface area (Å²) in [6.45, 7) is 4.56. The normalized spacial score (nSPS) is 32.8. The summed E-state index contributed by atoms with van der Waals surface area (Å²) in [6.07, 6.45) is 1.44. The van der Waals surface area contributed by atoms with Crippen LogP contribution in [0.5, 0.6) is 0 Å². The minimum Gasteiger partial charge on any atom is -0.378 e. The van der Waals surface area contributed by atoms with Crippen LogP contribution in [0.1, 0.15) is 19.8 Å². The van der Waals surface area contributed by atoms with Gasteiger partial charge in [0.2, 0.25) is 0 Å². The molecule has 0 aliphatic carbocycles. The Labute approximate surface area is 95.9 Å². The molecule has 0 aromatic rings. The lowest BCUT2D eigenvalue weighted by atomic mass is 10.1. The summed E-state index contributed by atoms with van der Waals surface area (Å²) in [5.74, 6) is 0.103. The molecule has 5 heteroatoms. The van der Waals surface area contributed by atoms with Gasteiger partial charge in [0, 0.05) is 19.1 Å². The molecule has 0 spiro atoms. The fourth-order valence-electron chi connectivity index (χ4n) is 2.22. The number of hydrogen-bond donors (Lipinski definition) is 1. The van der Waals surface area contributed by atoms with E-state index in [4.69, 9.17) is 15.2 Å². The predicted molar refractivity (Wildman–Crippen MR) is 58.9 cm³/mol. The maximum atomic E-state index is 12.1. The first-order valence-corrected chi connectivity index (χ1v) is 5.96. The molecule has 0 radical (unpaired) electrons. The molecule has 2 fully saturated rings. The van der Waals surface area contributed by atoms with Crippen LogP contribution in [0.25, 0.3) is 0 Å². The lowest BCUT2D eigenvalue weighted by Gasteiger charge is -2.29. The summed E-state index contributed by atoms with van der Waals surface area (Å²) in [5.41, 5.74) is 5.77. The van der Waals surface area contributed by atoms with Crippen molar-refractivity contribution in [1.29, 1.82) is 0 Å². The molecule has 0 bridgehead atoms. The van der Waals surface area contributed by atoms with Crippen molar-refractivity contribution in [2.75, 3.05) is 26.3 Å². The molecule has 2 N–H and O–H groups in total. The predicted octanol–water partition coefficient (Wildman–Crippen LogP) is -0.260. The Hall–Kier alpha value is -0.650. The summed E-state index contributed by atoms with van der Waals surface area (Å²) < 4.78 is 10.9. The molecule has 92 valence electrons. The minimum absolute atomic E-state index is 0.00230. The number of morpholine rings is 1. The zero-order valence-corrected chi connectivity index (χ0v) is 9.72. The monoisotopic (exact) mass is 228 g/mol. The van der Waals surface area contributed by atoms with E-state index in [-0.39, 0.29) is 24.2 Å². The number of carbonyl (C=O) groups excluding carboxylic acids is 1. The Bertz CT molecular complexity index is 252. The van der Waals surface area contributed by atoms with Crippen molar-refractivity contribution in [3.05, 3.63) is 0 Å². The highest BCUT2D eigenvalue weighted by Gasteiger charge is 2.35. The number of amides is 1. The summed E-state index contributed by atoms with van der Waals surface area (Å²) >= 11 is 0. The standard InChI is InChI=1S/C11H20N2O3/c1-8(12)9-2-3-10(16-9)11(14)13-4-6-15-7-5-13/h8-10H,2-7,12H2,1H3/t8-,9-,10+/m0/s1. The van der Waals surface area contributed by atoms with Crippen molar-refractivity contribution in [3.8, 4) is 0 Å². The second-order valence-electron chi connectivity index (χ2n) is 4.54. The lowest BCUT2D eigenvalue weighted by Crippen LogP contribution is -2.46. The van der Waals surface area contributed by atoms with Crippen molar-refractivity contribution in [1.82, 2.24) is 4.90 Å². The molecular formula is C11H20N2O3. The van der Waals surface area contributed by atoms with E-state index in [9.17, 15) is 4.79 Å². The van der Waals surface area contributed by atoms with Crippen molar-refractivity contribution in [3.63, 3.8) is 0 Å². The van der Waals surface area contributed by atoms with Gasteiger partial charge < -0.3 is 20.1 Å². The van der Waals surface area contributed by atoms with Gasteiger partial charge in [0.15, 0.2) is 0 Å². The van der Waals surface area contributed by atoms with Crippen LogP contribution in [-0.4, -0.2) is 55.4 Å². The van der Waals surface area contributed by atoms with E-state index in [1.807, 2.05) is 11.8 Å². The fourth-order valence-corrected chi connectivity index (χ4v) is 2.22. The number of carbonyl (C=O) groups is 1. The molecule has 5 nitrogen and oxygen atoms in total. The van der Waals surface area contributed by atoms with Crippen LogP contribution in [0, 0.1) is 0 Å². The van der Waals surface area contributed by atoms with Gasteiger partial charge in [0.1, 0.15) is 6.10 Å². The van der Waals surface area contributed by atoms with E-state index in [2.05, 4.69) is 0 Å². The van der Waals surface area contributed by atoms with Gasteiger partial charge in [-0.1, -0.05) is 0 Å². The van der Waals surface area contributed by atoms with E-state index in [0.29, 0.717) is 26.3 Å². The van der Waals surface area contributed by atoms with Crippen LogP contribution in [0.15, 0.2) is 0 Å². The molecule has 3 atom stereocenters. The number of ether oxygens (including phenoxy) is 2. The molecule has 2 rings (SSSR count). The van der Waals surface area contributed by atoms with Crippen molar-refractivity contribution in [2.45, 2.75) is 38.0 Å². The zero-order chi connectivity index (χ0) is 11.5. The highest BCUT2D eigenvalue weighted by molar-refractivity contribution is 5.81. The third kappa shape index (κ3) is 2.53. The Balaban J connectivity index is 1.86. The third-order valence-electron chi connectivity index (χ3n) is 3.24.